The lowest BCUT2D eigenvalue weighted by Gasteiger charge is -2.24. The molecule has 0 aliphatic rings. The van der Waals surface area contributed by atoms with Crippen molar-refractivity contribution < 1.29 is 4.79 Å². The predicted molar refractivity (Wildman–Crippen MR) is 64.7 cm³/mol. The predicted octanol–water partition coefficient (Wildman–Crippen LogP) is 2.90. The van der Waals surface area contributed by atoms with E-state index >= 15 is 0 Å². The third kappa shape index (κ3) is 2.51. The summed E-state index contributed by atoms with van der Waals surface area (Å²) in [6, 6.07) is 6.01. The molecule has 3 heteroatoms. The van der Waals surface area contributed by atoms with Crippen LogP contribution in [0.2, 0.25) is 0 Å². The van der Waals surface area contributed by atoms with Gasteiger partial charge in [-0.05, 0) is 31.9 Å². The second kappa shape index (κ2) is 5.17. The van der Waals surface area contributed by atoms with E-state index < -0.39 is 0 Å². The van der Waals surface area contributed by atoms with Crippen LogP contribution in [0.1, 0.15) is 18.1 Å². The maximum atomic E-state index is 11.6. The first-order valence-corrected chi connectivity index (χ1v) is 5.57. The summed E-state index contributed by atoms with van der Waals surface area (Å²) >= 11 is 5.59. The first kappa shape index (κ1) is 12.1. The van der Waals surface area contributed by atoms with Gasteiger partial charge in [-0.25, -0.2) is 0 Å². The molecule has 0 saturated carbocycles. The fourth-order valence-electron chi connectivity index (χ4n) is 1.76. The standard InChI is InChI=1S/C12H16ClNO/c1-4-14(11(15)8-13)12-9(2)6-5-7-10(12)3/h5-7H,4,8H2,1-3H3. The van der Waals surface area contributed by atoms with Gasteiger partial charge in [-0.2, -0.15) is 0 Å². The van der Waals surface area contributed by atoms with Gasteiger partial charge in [0, 0.05) is 12.2 Å². The number of hydrogen-bond acceptors (Lipinski definition) is 1. The molecule has 0 fully saturated rings. The van der Waals surface area contributed by atoms with Crippen molar-refractivity contribution in [1.82, 2.24) is 0 Å². The van der Waals surface area contributed by atoms with Gasteiger partial charge >= 0.3 is 0 Å². The van der Waals surface area contributed by atoms with Crippen LogP contribution in [-0.4, -0.2) is 18.3 Å². The van der Waals surface area contributed by atoms with Gasteiger partial charge in [-0.3, -0.25) is 4.79 Å². The summed E-state index contributed by atoms with van der Waals surface area (Å²) in [5, 5.41) is 0. The van der Waals surface area contributed by atoms with Crippen molar-refractivity contribution in [2.75, 3.05) is 17.3 Å². The molecule has 0 spiro atoms. The molecular weight excluding hydrogens is 210 g/mol. The summed E-state index contributed by atoms with van der Waals surface area (Å²) in [4.78, 5) is 13.4. The summed E-state index contributed by atoms with van der Waals surface area (Å²) in [5.74, 6) is -0.0155. The zero-order chi connectivity index (χ0) is 11.4. The molecule has 2 nitrogen and oxygen atoms in total. The van der Waals surface area contributed by atoms with Gasteiger partial charge in [0.25, 0.3) is 0 Å². The van der Waals surface area contributed by atoms with E-state index in [0.717, 1.165) is 16.8 Å². The van der Waals surface area contributed by atoms with E-state index in [1.807, 2.05) is 39.0 Å². The lowest BCUT2D eigenvalue weighted by atomic mass is 10.1. The zero-order valence-electron chi connectivity index (χ0n) is 9.38. The molecule has 0 N–H and O–H groups in total. The first-order chi connectivity index (χ1) is 7.11. The van der Waals surface area contributed by atoms with Crippen molar-refractivity contribution in [3.8, 4) is 0 Å². The number of nitrogens with zero attached hydrogens (tertiary/aromatic N) is 1. The molecule has 15 heavy (non-hydrogen) atoms. The zero-order valence-corrected chi connectivity index (χ0v) is 10.1. The van der Waals surface area contributed by atoms with Crippen molar-refractivity contribution in [2.24, 2.45) is 0 Å². The molecule has 1 aromatic carbocycles. The van der Waals surface area contributed by atoms with Crippen LogP contribution in [-0.2, 0) is 4.79 Å². The van der Waals surface area contributed by atoms with Crippen molar-refractivity contribution in [3.63, 3.8) is 0 Å². The number of para-hydroxylation sites is 1. The van der Waals surface area contributed by atoms with E-state index in [1.54, 1.807) is 4.90 Å². The molecule has 0 radical (unpaired) electrons. The fraction of sp³-hybridized carbons (Fsp3) is 0.417. The molecule has 0 bridgehead atoms. The Hall–Kier alpha value is -1.02. The van der Waals surface area contributed by atoms with Crippen LogP contribution in [0.3, 0.4) is 0 Å². The molecule has 82 valence electrons. The van der Waals surface area contributed by atoms with Gasteiger partial charge in [0.05, 0.1) is 0 Å². The Morgan fingerprint density at radius 3 is 2.27 bits per heavy atom. The second-order valence-corrected chi connectivity index (χ2v) is 3.78. The van der Waals surface area contributed by atoms with E-state index in [9.17, 15) is 4.79 Å². The Balaban J connectivity index is 3.17. The van der Waals surface area contributed by atoms with Crippen LogP contribution in [0.15, 0.2) is 18.2 Å². The van der Waals surface area contributed by atoms with Crippen LogP contribution >= 0.6 is 11.6 Å². The summed E-state index contributed by atoms with van der Waals surface area (Å²) in [7, 11) is 0. The Morgan fingerprint density at radius 2 is 1.87 bits per heavy atom. The van der Waals surface area contributed by atoms with Crippen LogP contribution in [0.5, 0.6) is 0 Å². The van der Waals surface area contributed by atoms with Crippen LogP contribution in [0, 0.1) is 13.8 Å². The third-order valence-corrected chi connectivity index (χ3v) is 2.67. The minimum Gasteiger partial charge on any atom is -0.311 e. The molecule has 0 heterocycles. The molecule has 0 aliphatic carbocycles. The van der Waals surface area contributed by atoms with E-state index in [0.29, 0.717) is 6.54 Å². The van der Waals surface area contributed by atoms with Gasteiger partial charge in [-0.15, -0.1) is 11.6 Å². The van der Waals surface area contributed by atoms with E-state index in [1.165, 1.54) is 0 Å². The Kier molecular flexibility index (Phi) is 4.15. The number of carbonyl (C=O) groups is 1. The number of carbonyl (C=O) groups excluding carboxylic acids is 1. The number of amides is 1. The Bertz CT molecular complexity index is 342. The lowest BCUT2D eigenvalue weighted by molar-refractivity contribution is -0.116. The highest BCUT2D eigenvalue weighted by Gasteiger charge is 2.16. The second-order valence-electron chi connectivity index (χ2n) is 3.51. The molecule has 1 rings (SSSR count). The number of alkyl halides is 1. The summed E-state index contributed by atoms with van der Waals surface area (Å²) in [6.45, 7) is 6.62. The number of benzene rings is 1. The fourth-order valence-corrected chi connectivity index (χ4v) is 1.91. The van der Waals surface area contributed by atoms with Crippen molar-refractivity contribution in [1.29, 1.82) is 0 Å². The van der Waals surface area contributed by atoms with Crippen LogP contribution < -0.4 is 4.90 Å². The van der Waals surface area contributed by atoms with Gasteiger partial charge in [0.1, 0.15) is 5.88 Å². The smallest absolute Gasteiger partial charge is 0.241 e. The SMILES string of the molecule is CCN(C(=O)CCl)c1c(C)cccc1C. The number of anilines is 1. The first-order valence-electron chi connectivity index (χ1n) is 5.04. The minimum atomic E-state index is -0.0448. The topological polar surface area (TPSA) is 20.3 Å². The lowest BCUT2D eigenvalue weighted by Crippen LogP contribution is -2.32. The largest absolute Gasteiger partial charge is 0.311 e. The number of halogens is 1. The van der Waals surface area contributed by atoms with Gasteiger partial charge in [0.15, 0.2) is 0 Å². The molecule has 0 atom stereocenters. The summed E-state index contributed by atoms with van der Waals surface area (Å²) in [6.07, 6.45) is 0. The van der Waals surface area contributed by atoms with Crippen molar-refractivity contribution >= 4 is 23.2 Å². The maximum Gasteiger partial charge on any atom is 0.241 e. The molecular formula is C12H16ClNO. The quantitative estimate of drug-likeness (QED) is 0.725. The van der Waals surface area contributed by atoms with Crippen LogP contribution in [0.4, 0.5) is 5.69 Å². The average Bonchev–Trinajstić information content (AvgIpc) is 2.22. The average molecular weight is 226 g/mol. The van der Waals surface area contributed by atoms with Crippen LogP contribution in [0.25, 0.3) is 0 Å². The van der Waals surface area contributed by atoms with Gasteiger partial charge in [0.2, 0.25) is 5.91 Å². The van der Waals surface area contributed by atoms with Crippen molar-refractivity contribution in [2.45, 2.75) is 20.8 Å². The monoisotopic (exact) mass is 225 g/mol. The highest BCUT2D eigenvalue weighted by molar-refractivity contribution is 6.29. The normalized spacial score (nSPS) is 10.1. The number of rotatable bonds is 3. The third-order valence-electron chi connectivity index (χ3n) is 2.44. The summed E-state index contributed by atoms with van der Waals surface area (Å²) < 4.78 is 0. The number of hydrogen-bond donors (Lipinski definition) is 0. The molecule has 1 amide bonds. The highest BCUT2D eigenvalue weighted by atomic mass is 35.5. The minimum absolute atomic E-state index is 0.0294. The van der Waals surface area contributed by atoms with Gasteiger partial charge < -0.3 is 4.90 Å². The highest BCUT2D eigenvalue weighted by Crippen LogP contribution is 2.24. The molecule has 1 aromatic rings. The number of aryl methyl sites for hydroxylation is 2. The molecule has 0 unspecified atom stereocenters. The Morgan fingerprint density at radius 1 is 1.33 bits per heavy atom. The van der Waals surface area contributed by atoms with Crippen molar-refractivity contribution in [3.05, 3.63) is 29.3 Å². The molecule has 0 saturated heterocycles. The Labute approximate surface area is 95.8 Å². The van der Waals surface area contributed by atoms with E-state index in [2.05, 4.69) is 0 Å². The maximum absolute atomic E-state index is 11.6. The van der Waals surface area contributed by atoms with Gasteiger partial charge in [-0.1, -0.05) is 18.2 Å². The van der Waals surface area contributed by atoms with E-state index in [-0.39, 0.29) is 11.8 Å². The van der Waals surface area contributed by atoms with E-state index in [4.69, 9.17) is 11.6 Å². The molecule has 0 aromatic heterocycles. The summed E-state index contributed by atoms with van der Waals surface area (Å²) in [5.41, 5.74) is 3.20. The molecule has 0 aliphatic heterocycles.